The van der Waals surface area contributed by atoms with E-state index >= 15 is 0 Å². The van der Waals surface area contributed by atoms with Crippen LogP contribution in [0.2, 0.25) is 5.02 Å². The molecule has 4 rings (SSSR count). The smallest absolute Gasteiger partial charge is 0.320 e. The molecule has 1 aromatic heterocycles. The normalized spacial score (nSPS) is 14.4. The Balaban J connectivity index is 1.42. The number of rotatable bonds is 4. The number of amides is 1. The largest absolute Gasteiger partial charge is 0.508 e. The third-order valence-electron chi connectivity index (χ3n) is 4.81. The zero-order valence-electron chi connectivity index (χ0n) is 15.9. The number of aromatic amines is 1. The number of benzene rings is 2. The van der Waals surface area contributed by atoms with Gasteiger partial charge in [0, 0.05) is 36.9 Å². The number of piperazine rings is 1. The van der Waals surface area contributed by atoms with Gasteiger partial charge in [0.1, 0.15) is 5.75 Å². The van der Waals surface area contributed by atoms with E-state index in [-0.39, 0.29) is 11.4 Å². The molecule has 1 fully saturated rings. The van der Waals surface area contributed by atoms with Crippen LogP contribution >= 0.6 is 11.6 Å². The minimum atomic E-state index is -0.618. The number of anilines is 1. The van der Waals surface area contributed by atoms with Gasteiger partial charge in [-0.05, 0) is 48.0 Å². The fourth-order valence-corrected chi connectivity index (χ4v) is 3.37. The molecule has 10 heteroatoms. The van der Waals surface area contributed by atoms with Gasteiger partial charge in [-0.3, -0.25) is 9.59 Å². The standard InChI is InChI=1S/C20H19ClN6O3/c21-15-2-1-3-16(12-15)25-8-10-26(11-9-25)19(29)18-20(30)27(24-23-18)22-13-14-4-6-17(28)7-5-14/h1-7,12-13,24,28H,8-11H2. The second-order valence-electron chi connectivity index (χ2n) is 6.77. The first-order chi connectivity index (χ1) is 14.5. The van der Waals surface area contributed by atoms with E-state index in [1.165, 1.54) is 18.3 Å². The Hall–Kier alpha value is -3.59. The van der Waals surface area contributed by atoms with Crippen molar-refractivity contribution in [2.24, 2.45) is 5.10 Å². The second kappa shape index (κ2) is 8.42. The highest BCUT2D eigenvalue weighted by Crippen LogP contribution is 2.21. The van der Waals surface area contributed by atoms with Crippen molar-refractivity contribution in [3.63, 3.8) is 0 Å². The molecule has 0 aliphatic carbocycles. The van der Waals surface area contributed by atoms with Crippen LogP contribution in [0.4, 0.5) is 5.69 Å². The first kappa shape index (κ1) is 19.7. The van der Waals surface area contributed by atoms with Gasteiger partial charge in [0.15, 0.2) is 0 Å². The fraction of sp³-hybridized carbons (Fsp3) is 0.200. The summed E-state index contributed by atoms with van der Waals surface area (Å²) in [6.45, 7) is 2.19. The molecule has 2 aromatic carbocycles. The molecular formula is C20H19ClN6O3. The molecule has 0 saturated carbocycles. The summed E-state index contributed by atoms with van der Waals surface area (Å²) in [4.78, 5) is 29.9. The van der Waals surface area contributed by atoms with Crippen molar-refractivity contribution in [1.82, 2.24) is 20.0 Å². The van der Waals surface area contributed by atoms with Crippen molar-refractivity contribution in [3.05, 3.63) is 75.2 Å². The van der Waals surface area contributed by atoms with E-state index in [1.54, 1.807) is 17.0 Å². The van der Waals surface area contributed by atoms with Gasteiger partial charge < -0.3 is 14.9 Å². The van der Waals surface area contributed by atoms with Crippen molar-refractivity contribution in [2.45, 2.75) is 0 Å². The van der Waals surface area contributed by atoms with E-state index in [9.17, 15) is 14.7 Å². The SMILES string of the molecule is O=C(c1n[nH]n(N=Cc2ccc(O)cc2)c1=O)N1CCN(c2cccc(Cl)c2)CC1. The van der Waals surface area contributed by atoms with Crippen LogP contribution in [0.3, 0.4) is 0 Å². The molecule has 2 heterocycles. The van der Waals surface area contributed by atoms with E-state index in [0.717, 1.165) is 10.5 Å². The molecule has 0 atom stereocenters. The van der Waals surface area contributed by atoms with Gasteiger partial charge in [-0.2, -0.15) is 10.3 Å². The lowest BCUT2D eigenvalue weighted by Crippen LogP contribution is -2.49. The minimum absolute atomic E-state index is 0.134. The predicted octanol–water partition coefficient (Wildman–Crippen LogP) is 1.77. The Morgan fingerprint density at radius 3 is 2.57 bits per heavy atom. The quantitative estimate of drug-likeness (QED) is 0.618. The summed E-state index contributed by atoms with van der Waals surface area (Å²) < 4.78 is 0. The number of H-pyrrole nitrogens is 1. The van der Waals surface area contributed by atoms with E-state index in [0.29, 0.717) is 36.8 Å². The molecule has 154 valence electrons. The maximum atomic E-state index is 12.8. The number of phenolic OH excluding ortho intramolecular Hbond substituents is 1. The zero-order chi connectivity index (χ0) is 21.1. The molecule has 1 aliphatic heterocycles. The number of carbonyl (C=O) groups is 1. The molecule has 1 saturated heterocycles. The molecule has 0 spiro atoms. The number of halogens is 1. The van der Waals surface area contributed by atoms with Gasteiger partial charge in [-0.15, -0.1) is 9.89 Å². The van der Waals surface area contributed by atoms with Crippen LogP contribution in [0.1, 0.15) is 16.1 Å². The van der Waals surface area contributed by atoms with Crippen LogP contribution in [0.5, 0.6) is 5.75 Å². The highest BCUT2D eigenvalue weighted by Gasteiger charge is 2.26. The number of carbonyl (C=O) groups excluding carboxylic acids is 1. The molecule has 0 bridgehead atoms. The predicted molar refractivity (Wildman–Crippen MR) is 114 cm³/mol. The third-order valence-corrected chi connectivity index (χ3v) is 5.04. The van der Waals surface area contributed by atoms with E-state index < -0.39 is 11.5 Å². The van der Waals surface area contributed by atoms with Gasteiger partial charge in [-0.1, -0.05) is 17.7 Å². The molecular weight excluding hydrogens is 408 g/mol. The minimum Gasteiger partial charge on any atom is -0.508 e. The Morgan fingerprint density at radius 1 is 1.13 bits per heavy atom. The molecule has 1 aliphatic rings. The first-order valence-corrected chi connectivity index (χ1v) is 9.69. The first-order valence-electron chi connectivity index (χ1n) is 9.32. The average molecular weight is 427 g/mol. The van der Waals surface area contributed by atoms with Crippen molar-refractivity contribution in [2.75, 3.05) is 31.1 Å². The number of nitrogens with one attached hydrogen (secondary N) is 1. The second-order valence-corrected chi connectivity index (χ2v) is 7.21. The van der Waals surface area contributed by atoms with Gasteiger partial charge >= 0.3 is 5.56 Å². The molecule has 0 radical (unpaired) electrons. The van der Waals surface area contributed by atoms with Crippen LogP contribution < -0.4 is 10.5 Å². The summed E-state index contributed by atoms with van der Waals surface area (Å²) >= 11 is 6.05. The molecule has 30 heavy (non-hydrogen) atoms. The van der Waals surface area contributed by atoms with Crippen LogP contribution in [-0.4, -0.2) is 63.4 Å². The van der Waals surface area contributed by atoms with Crippen LogP contribution in [-0.2, 0) is 0 Å². The molecule has 2 N–H and O–H groups in total. The van der Waals surface area contributed by atoms with E-state index in [1.807, 2.05) is 24.3 Å². The number of hydrogen-bond donors (Lipinski definition) is 2. The summed E-state index contributed by atoms with van der Waals surface area (Å²) in [5.41, 5.74) is 0.862. The van der Waals surface area contributed by atoms with Crippen LogP contribution in [0, 0.1) is 0 Å². The highest BCUT2D eigenvalue weighted by molar-refractivity contribution is 6.30. The topological polar surface area (TPSA) is 107 Å². The van der Waals surface area contributed by atoms with Gasteiger partial charge in [-0.25, -0.2) is 0 Å². The maximum absolute atomic E-state index is 12.8. The fourth-order valence-electron chi connectivity index (χ4n) is 3.18. The molecule has 0 unspecified atom stereocenters. The zero-order valence-corrected chi connectivity index (χ0v) is 16.7. The van der Waals surface area contributed by atoms with Crippen molar-refractivity contribution >= 4 is 29.4 Å². The van der Waals surface area contributed by atoms with Crippen molar-refractivity contribution < 1.29 is 9.90 Å². The van der Waals surface area contributed by atoms with Crippen molar-refractivity contribution in [3.8, 4) is 5.75 Å². The lowest BCUT2D eigenvalue weighted by molar-refractivity contribution is 0.0739. The summed E-state index contributed by atoms with van der Waals surface area (Å²) in [7, 11) is 0. The number of nitrogens with zero attached hydrogens (tertiary/aromatic N) is 5. The number of aromatic hydroxyl groups is 1. The summed E-state index contributed by atoms with van der Waals surface area (Å²) in [6.07, 6.45) is 1.43. The molecule has 9 nitrogen and oxygen atoms in total. The Morgan fingerprint density at radius 2 is 1.87 bits per heavy atom. The van der Waals surface area contributed by atoms with Crippen LogP contribution in [0.25, 0.3) is 0 Å². The molecule has 3 aromatic rings. The lowest BCUT2D eigenvalue weighted by Gasteiger charge is -2.35. The highest BCUT2D eigenvalue weighted by atomic mass is 35.5. The van der Waals surface area contributed by atoms with Crippen molar-refractivity contribution in [1.29, 1.82) is 0 Å². The maximum Gasteiger partial charge on any atom is 0.320 e. The number of aromatic nitrogens is 3. The van der Waals surface area contributed by atoms with Gasteiger partial charge in [0.25, 0.3) is 5.91 Å². The van der Waals surface area contributed by atoms with Gasteiger partial charge in [0.2, 0.25) is 5.69 Å². The van der Waals surface area contributed by atoms with E-state index in [4.69, 9.17) is 11.6 Å². The number of hydrogen-bond acceptors (Lipinski definition) is 6. The molecule has 1 amide bonds. The lowest BCUT2D eigenvalue weighted by atomic mass is 10.2. The monoisotopic (exact) mass is 426 g/mol. The summed E-state index contributed by atoms with van der Waals surface area (Å²) in [5, 5.41) is 20.3. The average Bonchev–Trinajstić information content (AvgIpc) is 3.13. The Kier molecular flexibility index (Phi) is 5.53. The number of phenols is 1. The Bertz CT molecular complexity index is 1130. The summed E-state index contributed by atoms with van der Waals surface area (Å²) in [5.74, 6) is -0.297. The van der Waals surface area contributed by atoms with Crippen LogP contribution in [0.15, 0.2) is 58.4 Å². The van der Waals surface area contributed by atoms with E-state index in [2.05, 4.69) is 20.3 Å². The van der Waals surface area contributed by atoms with Gasteiger partial charge in [0.05, 0.1) is 6.21 Å². The Labute approximate surface area is 176 Å². The summed E-state index contributed by atoms with van der Waals surface area (Å²) in [6, 6.07) is 13.9. The third kappa shape index (κ3) is 4.20.